The Kier molecular flexibility index (Phi) is 5.54. The summed E-state index contributed by atoms with van der Waals surface area (Å²) in [5.74, 6) is -0.156. The molecule has 0 radical (unpaired) electrons. The Morgan fingerprint density at radius 2 is 1.96 bits per heavy atom. The standard InChI is InChI=1S/C16H17ClN4O2/c1-10(22)21-13-4-2-11(3-5-13)6-7-19-16-14(17)8-12(9-20-16)15(18)23/h2-5,8-9H,6-7H2,1H3,(H2,18,23)(H,19,20)(H,21,22). The van der Waals surface area contributed by atoms with E-state index in [1.165, 1.54) is 19.2 Å². The number of amides is 2. The molecule has 1 aromatic heterocycles. The minimum Gasteiger partial charge on any atom is -0.369 e. The second-order valence-corrected chi connectivity index (χ2v) is 5.38. The molecule has 1 heterocycles. The molecule has 0 aliphatic rings. The van der Waals surface area contributed by atoms with Crippen LogP contribution in [0.25, 0.3) is 0 Å². The fourth-order valence-electron chi connectivity index (χ4n) is 1.99. The van der Waals surface area contributed by atoms with Crippen LogP contribution in [0.15, 0.2) is 36.5 Å². The van der Waals surface area contributed by atoms with Gasteiger partial charge in [0.05, 0.1) is 10.6 Å². The van der Waals surface area contributed by atoms with Gasteiger partial charge in [0.2, 0.25) is 11.8 Å². The zero-order chi connectivity index (χ0) is 16.8. The van der Waals surface area contributed by atoms with Crippen molar-refractivity contribution in [3.63, 3.8) is 0 Å². The Morgan fingerprint density at radius 3 is 2.52 bits per heavy atom. The smallest absolute Gasteiger partial charge is 0.250 e. The topological polar surface area (TPSA) is 97.1 Å². The Labute approximate surface area is 139 Å². The summed E-state index contributed by atoms with van der Waals surface area (Å²) >= 11 is 6.05. The number of carbonyl (C=O) groups is 2. The van der Waals surface area contributed by atoms with Crippen molar-refractivity contribution in [3.8, 4) is 0 Å². The zero-order valence-electron chi connectivity index (χ0n) is 12.6. The molecule has 23 heavy (non-hydrogen) atoms. The first-order valence-electron chi connectivity index (χ1n) is 7.01. The van der Waals surface area contributed by atoms with Gasteiger partial charge in [-0.3, -0.25) is 9.59 Å². The lowest BCUT2D eigenvalue weighted by molar-refractivity contribution is -0.114. The van der Waals surface area contributed by atoms with E-state index in [2.05, 4.69) is 15.6 Å². The molecule has 0 aliphatic carbocycles. The van der Waals surface area contributed by atoms with Crippen LogP contribution in [0.4, 0.5) is 11.5 Å². The summed E-state index contributed by atoms with van der Waals surface area (Å²) in [6.45, 7) is 2.10. The van der Waals surface area contributed by atoms with E-state index in [0.29, 0.717) is 17.4 Å². The number of rotatable bonds is 6. The molecule has 0 saturated heterocycles. The van der Waals surface area contributed by atoms with Gasteiger partial charge in [0, 0.05) is 25.4 Å². The number of hydrogen-bond donors (Lipinski definition) is 3. The van der Waals surface area contributed by atoms with Gasteiger partial charge in [0.1, 0.15) is 5.82 Å². The molecule has 0 bridgehead atoms. The van der Waals surface area contributed by atoms with Crippen LogP contribution in [-0.2, 0) is 11.2 Å². The Hall–Kier alpha value is -2.60. The Morgan fingerprint density at radius 1 is 1.26 bits per heavy atom. The van der Waals surface area contributed by atoms with Crippen molar-refractivity contribution in [1.82, 2.24) is 4.98 Å². The molecule has 6 nitrogen and oxygen atoms in total. The number of pyridine rings is 1. The number of aromatic nitrogens is 1. The molecule has 0 unspecified atom stereocenters. The average Bonchev–Trinajstić information content (AvgIpc) is 2.50. The molecule has 7 heteroatoms. The molecule has 2 rings (SSSR count). The summed E-state index contributed by atoms with van der Waals surface area (Å²) in [5.41, 5.74) is 7.31. The van der Waals surface area contributed by atoms with Crippen molar-refractivity contribution >= 4 is 34.9 Å². The van der Waals surface area contributed by atoms with Crippen LogP contribution in [0.1, 0.15) is 22.8 Å². The van der Waals surface area contributed by atoms with Crippen molar-refractivity contribution in [1.29, 1.82) is 0 Å². The number of hydrogen-bond acceptors (Lipinski definition) is 4. The average molecular weight is 333 g/mol. The fraction of sp³-hybridized carbons (Fsp3) is 0.188. The highest BCUT2D eigenvalue weighted by Gasteiger charge is 2.06. The third-order valence-electron chi connectivity index (χ3n) is 3.11. The van der Waals surface area contributed by atoms with Gasteiger partial charge >= 0.3 is 0 Å². The van der Waals surface area contributed by atoms with Gasteiger partial charge in [-0.1, -0.05) is 23.7 Å². The molecule has 120 valence electrons. The summed E-state index contributed by atoms with van der Waals surface area (Å²) in [5, 5.41) is 6.17. The lowest BCUT2D eigenvalue weighted by Crippen LogP contribution is -2.12. The quantitative estimate of drug-likeness (QED) is 0.756. The third kappa shape index (κ3) is 4.96. The minimum atomic E-state index is -0.565. The lowest BCUT2D eigenvalue weighted by Gasteiger charge is -2.09. The van der Waals surface area contributed by atoms with Crippen molar-refractivity contribution in [2.75, 3.05) is 17.2 Å². The maximum absolute atomic E-state index is 11.0. The highest BCUT2D eigenvalue weighted by Crippen LogP contribution is 2.20. The van der Waals surface area contributed by atoms with E-state index in [4.69, 9.17) is 17.3 Å². The molecule has 1 aromatic carbocycles. The third-order valence-corrected chi connectivity index (χ3v) is 3.39. The van der Waals surface area contributed by atoms with Crippen LogP contribution in [0.3, 0.4) is 0 Å². The van der Waals surface area contributed by atoms with E-state index >= 15 is 0 Å². The van der Waals surface area contributed by atoms with Crippen molar-refractivity contribution in [2.45, 2.75) is 13.3 Å². The van der Waals surface area contributed by atoms with E-state index < -0.39 is 5.91 Å². The van der Waals surface area contributed by atoms with Gasteiger partial charge in [-0.2, -0.15) is 0 Å². The zero-order valence-corrected chi connectivity index (χ0v) is 13.4. The first-order valence-corrected chi connectivity index (χ1v) is 7.39. The van der Waals surface area contributed by atoms with Crippen LogP contribution in [0.5, 0.6) is 0 Å². The van der Waals surface area contributed by atoms with Gasteiger partial charge in [-0.25, -0.2) is 4.98 Å². The molecular formula is C16H17ClN4O2. The second kappa shape index (κ2) is 7.60. The highest BCUT2D eigenvalue weighted by molar-refractivity contribution is 6.33. The van der Waals surface area contributed by atoms with E-state index in [-0.39, 0.29) is 11.5 Å². The van der Waals surface area contributed by atoms with Gasteiger partial charge < -0.3 is 16.4 Å². The molecular weight excluding hydrogens is 316 g/mol. The largest absolute Gasteiger partial charge is 0.369 e. The molecule has 0 atom stereocenters. The van der Waals surface area contributed by atoms with Crippen molar-refractivity contribution < 1.29 is 9.59 Å². The number of nitrogens with one attached hydrogen (secondary N) is 2. The lowest BCUT2D eigenvalue weighted by atomic mass is 10.1. The van der Waals surface area contributed by atoms with Crippen LogP contribution < -0.4 is 16.4 Å². The normalized spacial score (nSPS) is 10.2. The maximum Gasteiger partial charge on any atom is 0.250 e. The molecule has 4 N–H and O–H groups in total. The summed E-state index contributed by atoms with van der Waals surface area (Å²) < 4.78 is 0. The summed E-state index contributed by atoms with van der Waals surface area (Å²) in [7, 11) is 0. The monoisotopic (exact) mass is 332 g/mol. The van der Waals surface area contributed by atoms with Gasteiger partial charge in [-0.15, -0.1) is 0 Å². The maximum atomic E-state index is 11.0. The molecule has 2 amide bonds. The van der Waals surface area contributed by atoms with Crippen molar-refractivity contribution in [2.24, 2.45) is 5.73 Å². The van der Waals surface area contributed by atoms with E-state index in [0.717, 1.165) is 17.7 Å². The molecule has 2 aromatic rings. The van der Waals surface area contributed by atoms with Gasteiger partial charge in [-0.05, 0) is 30.2 Å². The van der Waals surface area contributed by atoms with E-state index in [1.807, 2.05) is 24.3 Å². The number of nitrogens with zero attached hydrogens (tertiary/aromatic N) is 1. The number of halogens is 1. The predicted molar refractivity (Wildman–Crippen MR) is 90.7 cm³/mol. The molecule has 0 aliphatic heterocycles. The number of nitrogens with two attached hydrogens (primary N) is 1. The number of anilines is 2. The van der Waals surface area contributed by atoms with Gasteiger partial charge in [0.25, 0.3) is 0 Å². The van der Waals surface area contributed by atoms with Crippen molar-refractivity contribution in [3.05, 3.63) is 52.7 Å². The van der Waals surface area contributed by atoms with Gasteiger partial charge in [0.15, 0.2) is 0 Å². The molecule has 0 spiro atoms. The summed E-state index contributed by atoms with van der Waals surface area (Å²) in [4.78, 5) is 26.1. The van der Waals surface area contributed by atoms with Crippen LogP contribution >= 0.6 is 11.6 Å². The SMILES string of the molecule is CC(=O)Nc1ccc(CCNc2ncc(C(N)=O)cc2Cl)cc1. The highest BCUT2D eigenvalue weighted by atomic mass is 35.5. The van der Waals surface area contributed by atoms with Crippen LogP contribution in [-0.4, -0.2) is 23.3 Å². The van der Waals surface area contributed by atoms with Crippen LogP contribution in [0.2, 0.25) is 5.02 Å². The summed E-state index contributed by atoms with van der Waals surface area (Å²) in [6, 6.07) is 9.07. The van der Waals surface area contributed by atoms with E-state index in [9.17, 15) is 9.59 Å². The first kappa shape index (κ1) is 16.8. The number of primary amides is 1. The van der Waals surface area contributed by atoms with Crippen LogP contribution in [0, 0.1) is 0 Å². The fourth-order valence-corrected chi connectivity index (χ4v) is 2.22. The first-order chi connectivity index (χ1) is 11.0. The van der Waals surface area contributed by atoms with E-state index in [1.54, 1.807) is 0 Å². The second-order valence-electron chi connectivity index (χ2n) is 4.97. The molecule has 0 fully saturated rings. The summed E-state index contributed by atoms with van der Waals surface area (Å²) in [6.07, 6.45) is 2.15. The molecule has 0 saturated carbocycles. The number of carbonyl (C=O) groups excluding carboxylic acids is 2. The Balaban J connectivity index is 1.89. The number of benzene rings is 1. The Bertz CT molecular complexity index is 717. The minimum absolute atomic E-state index is 0.0976. The predicted octanol–water partition coefficient (Wildman–Crippen LogP) is 2.45.